The molecule has 1 amide bonds. The van der Waals surface area contributed by atoms with Crippen molar-refractivity contribution >= 4 is 39.2 Å². The largest absolute Gasteiger partial charge is 0.449 e. The highest BCUT2D eigenvalue weighted by Crippen LogP contribution is 2.42. The van der Waals surface area contributed by atoms with E-state index in [-0.39, 0.29) is 12.0 Å². The topological polar surface area (TPSA) is 105 Å². The highest BCUT2D eigenvalue weighted by Gasteiger charge is 2.29. The highest BCUT2D eigenvalue weighted by molar-refractivity contribution is 7.16. The Morgan fingerprint density at radius 3 is 2.75 bits per heavy atom. The zero-order valence-electron chi connectivity index (χ0n) is 19.7. The molecule has 2 aromatic carbocycles. The van der Waals surface area contributed by atoms with Crippen molar-refractivity contribution in [2.45, 2.75) is 44.6 Å². The van der Waals surface area contributed by atoms with Gasteiger partial charge in [0.25, 0.3) is 5.91 Å². The molecule has 7 nitrogen and oxygen atoms in total. The van der Waals surface area contributed by atoms with Gasteiger partial charge in [-0.05, 0) is 54.9 Å². The third-order valence-corrected chi connectivity index (χ3v) is 7.69. The van der Waals surface area contributed by atoms with Gasteiger partial charge in [-0.2, -0.15) is 5.26 Å². The number of nitrogens with zero attached hydrogens (tertiary/aromatic N) is 3. The predicted molar refractivity (Wildman–Crippen MR) is 138 cm³/mol. The van der Waals surface area contributed by atoms with Crippen LogP contribution in [0.4, 0.5) is 5.00 Å². The normalized spacial score (nSPS) is 15.5. The van der Waals surface area contributed by atoms with Crippen LogP contribution in [0.1, 0.15) is 57.6 Å². The van der Waals surface area contributed by atoms with Crippen LogP contribution >= 0.6 is 11.3 Å². The maximum absolute atomic E-state index is 13.1. The molecule has 0 saturated heterocycles. The molecule has 2 unspecified atom stereocenters. The molecular formula is C28H24N4O3S. The van der Waals surface area contributed by atoms with Crippen LogP contribution in [-0.4, -0.2) is 27.9 Å². The molecule has 1 aliphatic rings. The lowest BCUT2D eigenvalue weighted by Gasteiger charge is -2.22. The summed E-state index contributed by atoms with van der Waals surface area (Å²) < 4.78 is 5.58. The minimum absolute atomic E-state index is 0.253. The van der Waals surface area contributed by atoms with Gasteiger partial charge in [-0.15, -0.1) is 11.3 Å². The standard InChI is InChI=1S/C28H24N4O3S/c1-2-23(35-28(34)20-9-6-10-22-25(20)31-14-13-30-22)26(33)32-27-21(16-29)19-12-11-18(15-24(19)36-27)17-7-4-3-5-8-17/h3-10,13-14,18,23H,2,11-12,15H2,1H3,(H,32,33). The van der Waals surface area contributed by atoms with Gasteiger partial charge in [0.05, 0.1) is 16.6 Å². The van der Waals surface area contributed by atoms with E-state index in [9.17, 15) is 14.9 Å². The summed E-state index contributed by atoms with van der Waals surface area (Å²) in [5.41, 5.74) is 4.07. The van der Waals surface area contributed by atoms with Crippen molar-refractivity contribution in [3.05, 3.63) is 88.1 Å². The predicted octanol–water partition coefficient (Wildman–Crippen LogP) is 5.41. The zero-order valence-corrected chi connectivity index (χ0v) is 20.5. The van der Waals surface area contributed by atoms with E-state index < -0.39 is 18.0 Å². The Morgan fingerprint density at radius 2 is 1.97 bits per heavy atom. The summed E-state index contributed by atoms with van der Waals surface area (Å²) in [7, 11) is 0. The van der Waals surface area contributed by atoms with Crippen LogP contribution in [0.3, 0.4) is 0 Å². The number of nitriles is 1. The number of anilines is 1. The van der Waals surface area contributed by atoms with Gasteiger partial charge in [0, 0.05) is 17.3 Å². The molecule has 0 aliphatic heterocycles. The number of ether oxygens (including phenoxy) is 1. The Labute approximate surface area is 212 Å². The molecule has 4 aromatic rings. The SMILES string of the molecule is CCC(OC(=O)c1cccc2nccnc12)C(=O)Nc1sc2c(c1C#N)CCC(c1ccccc1)C2. The summed E-state index contributed by atoms with van der Waals surface area (Å²) in [6, 6.07) is 17.7. The maximum Gasteiger partial charge on any atom is 0.341 e. The average molecular weight is 497 g/mol. The van der Waals surface area contributed by atoms with Crippen molar-refractivity contribution in [2.24, 2.45) is 0 Å². The van der Waals surface area contributed by atoms with E-state index in [1.54, 1.807) is 31.3 Å². The quantitative estimate of drug-likeness (QED) is 0.358. The Hall–Kier alpha value is -4.09. The van der Waals surface area contributed by atoms with Gasteiger partial charge in [-0.1, -0.05) is 43.3 Å². The summed E-state index contributed by atoms with van der Waals surface area (Å²) in [6.45, 7) is 1.77. The van der Waals surface area contributed by atoms with E-state index in [0.29, 0.717) is 27.5 Å². The zero-order chi connectivity index (χ0) is 25.1. The van der Waals surface area contributed by atoms with Gasteiger partial charge in [-0.25, -0.2) is 4.79 Å². The number of fused-ring (bicyclic) bond motifs is 2. The van der Waals surface area contributed by atoms with E-state index in [1.165, 1.54) is 23.1 Å². The third-order valence-electron chi connectivity index (χ3n) is 6.52. The number of hydrogen-bond donors (Lipinski definition) is 1. The molecule has 0 saturated carbocycles. The smallest absolute Gasteiger partial charge is 0.341 e. The van der Waals surface area contributed by atoms with Crippen LogP contribution in [0, 0.1) is 11.3 Å². The van der Waals surface area contributed by atoms with Crippen molar-refractivity contribution < 1.29 is 14.3 Å². The summed E-state index contributed by atoms with van der Waals surface area (Å²) in [5, 5.41) is 13.2. The van der Waals surface area contributed by atoms with Crippen LogP contribution in [-0.2, 0) is 22.4 Å². The van der Waals surface area contributed by atoms with E-state index >= 15 is 0 Å². The number of aromatic nitrogens is 2. The minimum Gasteiger partial charge on any atom is -0.449 e. The number of hydrogen-bond acceptors (Lipinski definition) is 7. The molecule has 0 fully saturated rings. The lowest BCUT2D eigenvalue weighted by Crippen LogP contribution is -2.32. The fourth-order valence-corrected chi connectivity index (χ4v) is 5.95. The maximum atomic E-state index is 13.1. The van der Waals surface area contributed by atoms with Crippen LogP contribution in [0.25, 0.3) is 11.0 Å². The number of amides is 1. The van der Waals surface area contributed by atoms with Gasteiger partial charge in [-0.3, -0.25) is 14.8 Å². The first-order valence-electron chi connectivity index (χ1n) is 11.9. The summed E-state index contributed by atoms with van der Waals surface area (Å²) in [5.74, 6) is -0.702. The number of carbonyl (C=O) groups is 2. The van der Waals surface area contributed by atoms with Crippen LogP contribution in [0.2, 0.25) is 0 Å². The van der Waals surface area contributed by atoms with E-state index in [0.717, 1.165) is 29.7 Å². The summed E-state index contributed by atoms with van der Waals surface area (Å²) in [6.07, 6.45) is 4.92. The van der Waals surface area contributed by atoms with E-state index in [4.69, 9.17) is 4.74 Å². The van der Waals surface area contributed by atoms with Crippen LogP contribution in [0.5, 0.6) is 0 Å². The summed E-state index contributed by atoms with van der Waals surface area (Å²) >= 11 is 1.45. The first kappa shape index (κ1) is 23.6. The van der Waals surface area contributed by atoms with Crippen molar-refractivity contribution in [3.8, 4) is 6.07 Å². The van der Waals surface area contributed by atoms with E-state index in [2.05, 4.69) is 33.5 Å². The Balaban J connectivity index is 1.33. The first-order chi connectivity index (χ1) is 17.6. The number of thiophene rings is 1. The molecule has 1 aliphatic carbocycles. The van der Waals surface area contributed by atoms with Gasteiger partial charge < -0.3 is 10.1 Å². The van der Waals surface area contributed by atoms with Crippen molar-refractivity contribution in [3.63, 3.8) is 0 Å². The lowest BCUT2D eigenvalue weighted by atomic mass is 9.83. The molecule has 2 heterocycles. The molecule has 180 valence electrons. The second-order valence-corrected chi connectivity index (χ2v) is 9.80. The number of para-hydroxylation sites is 1. The number of esters is 1. The van der Waals surface area contributed by atoms with Gasteiger partial charge in [0.1, 0.15) is 16.6 Å². The van der Waals surface area contributed by atoms with Crippen LogP contribution in [0.15, 0.2) is 60.9 Å². The van der Waals surface area contributed by atoms with Crippen LogP contribution < -0.4 is 5.32 Å². The third kappa shape index (κ3) is 4.58. The van der Waals surface area contributed by atoms with Gasteiger partial charge >= 0.3 is 5.97 Å². The van der Waals surface area contributed by atoms with Crippen molar-refractivity contribution in [1.82, 2.24) is 9.97 Å². The number of nitrogens with one attached hydrogen (secondary N) is 1. The fraction of sp³-hybridized carbons (Fsp3) is 0.250. The van der Waals surface area contributed by atoms with Gasteiger partial charge in [0.2, 0.25) is 0 Å². The molecule has 0 bridgehead atoms. The number of rotatable bonds is 6. The number of carbonyl (C=O) groups excluding carboxylic acids is 2. The molecule has 2 aromatic heterocycles. The monoisotopic (exact) mass is 496 g/mol. The Morgan fingerprint density at radius 1 is 1.17 bits per heavy atom. The molecule has 0 spiro atoms. The molecule has 8 heteroatoms. The fourth-order valence-electron chi connectivity index (χ4n) is 4.67. The summed E-state index contributed by atoms with van der Waals surface area (Å²) in [4.78, 5) is 35.6. The van der Waals surface area contributed by atoms with Crippen molar-refractivity contribution in [2.75, 3.05) is 5.32 Å². The first-order valence-corrected chi connectivity index (χ1v) is 12.7. The highest BCUT2D eigenvalue weighted by atomic mass is 32.1. The molecular weight excluding hydrogens is 472 g/mol. The average Bonchev–Trinajstić information content (AvgIpc) is 3.27. The lowest BCUT2D eigenvalue weighted by molar-refractivity contribution is -0.124. The molecule has 1 N–H and O–H groups in total. The molecule has 0 radical (unpaired) electrons. The Bertz CT molecular complexity index is 1470. The Kier molecular flexibility index (Phi) is 6.74. The van der Waals surface area contributed by atoms with E-state index in [1.807, 2.05) is 18.2 Å². The molecule has 36 heavy (non-hydrogen) atoms. The second-order valence-electron chi connectivity index (χ2n) is 8.69. The van der Waals surface area contributed by atoms with Gasteiger partial charge in [0.15, 0.2) is 6.10 Å². The molecule has 5 rings (SSSR count). The number of benzene rings is 2. The second kappa shape index (κ2) is 10.3. The van der Waals surface area contributed by atoms with Crippen molar-refractivity contribution in [1.29, 1.82) is 5.26 Å². The molecule has 2 atom stereocenters. The minimum atomic E-state index is -1.01.